The highest BCUT2D eigenvalue weighted by Crippen LogP contribution is 2.28. The fraction of sp³-hybridized carbons (Fsp3) is 0.425. The zero-order valence-corrected chi connectivity index (χ0v) is 71.2. The molecule has 4 heterocycles. The lowest BCUT2D eigenvalue weighted by Gasteiger charge is -2.23. The van der Waals surface area contributed by atoms with E-state index in [2.05, 4.69) is 49.0 Å². The highest BCUT2D eigenvalue weighted by atomic mass is 35.5. The summed E-state index contributed by atoms with van der Waals surface area (Å²) in [4.78, 5) is 104. The molecule has 7 aromatic rings. The number of aliphatic imine (C=N–C) groups is 1. The van der Waals surface area contributed by atoms with Crippen LogP contribution >= 0.6 is 92.8 Å². The molecular weight excluding hydrogens is 1720 g/mol. The van der Waals surface area contributed by atoms with Gasteiger partial charge in [-0.25, -0.2) is 33.9 Å². The summed E-state index contributed by atoms with van der Waals surface area (Å²) in [5.74, 6) is -2.80. The minimum absolute atomic E-state index is 0.0275. The van der Waals surface area contributed by atoms with Crippen molar-refractivity contribution in [3.63, 3.8) is 0 Å². The van der Waals surface area contributed by atoms with Crippen LogP contribution in [0, 0.1) is 5.92 Å². The largest absolute Gasteiger partial charge is 0.523 e. The Labute approximate surface area is 708 Å². The number of carbonyl (C=O) groups is 8. The summed E-state index contributed by atoms with van der Waals surface area (Å²) in [7, 11) is -2.98. The van der Waals surface area contributed by atoms with E-state index in [1.54, 1.807) is 117 Å². The average molecular weight is 1810 g/mol. The molecule has 1 amide bonds. The van der Waals surface area contributed by atoms with Crippen LogP contribution in [0.4, 0.5) is 22.8 Å². The van der Waals surface area contributed by atoms with Gasteiger partial charge in [-0.1, -0.05) is 107 Å². The van der Waals surface area contributed by atoms with E-state index in [1.807, 2.05) is 33.4 Å². The van der Waals surface area contributed by atoms with Crippen molar-refractivity contribution in [2.45, 2.75) is 161 Å². The summed E-state index contributed by atoms with van der Waals surface area (Å²) in [6.07, 6.45) is 11.9. The fourth-order valence-corrected chi connectivity index (χ4v) is 11.9. The summed E-state index contributed by atoms with van der Waals surface area (Å²) in [5.41, 5.74) is 15.4. The molecule has 640 valence electrons. The normalized spacial score (nSPS) is 13.2. The maximum absolute atomic E-state index is 12.0. The lowest BCUT2D eigenvalue weighted by atomic mass is 10.1. The minimum Gasteiger partial charge on any atom is -0.476 e. The molecule has 0 saturated carbocycles. The van der Waals surface area contributed by atoms with Crippen molar-refractivity contribution in [1.82, 2.24) is 39.3 Å². The van der Waals surface area contributed by atoms with Gasteiger partial charge in [-0.05, 0) is 149 Å². The lowest BCUT2D eigenvalue weighted by molar-refractivity contribution is -0.149. The van der Waals surface area contributed by atoms with Gasteiger partial charge < -0.3 is 75.6 Å². The number of esters is 2. The average Bonchev–Trinajstić information content (AvgIpc) is 1.73. The maximum Gasteiger partial charge on any atom is 0.523 e. The molecule has 8 rings (SSSR count). The molecule has 0 bridgehead atoms. The van der Waals surface area contributed by atoms with Crippen molar-refractivity contribution in [3.8, 4) is 0 Å². The smallest absolute Gasteiger partial charge is 0.476 e. The number of nitrogens with two attached hydrogens (primary N) is 3. The second-order valence-corrected chi connectivity index (χ2v) is 32.1. The molecule has 43 heteroatoms. The fourth-order valence-electron chi connectivity index (χ4n) is 9.15. The summed E-state index contributed by atoms with van der Waals surface area (Å²) >= 11 is 46.4. The van der Waals surface area contributed by atoms with E-state index in [0.717, 1.165) is 41.0 Å². The molecule has 1 unspecified atom stereocenters. The second kappa shape index (κ2) is 51.7. The number of aliphatic hydroxyl groups excluding tert-OH is 1. The number of amides is 1. The number of carbonyl (C=O) groups excluding carboxylic acids is 7. The number of carboxylic acid groups (broad SMARTS) is 1. The third kappa shape index (κ3) is 43.7. The summed E-state index contributed by atoms with van der Waals surface area (Å²) in [6, 6.07) is 17.7. The third-order valence-corrected chi connectivity index (χ3v) is 16.8. The third-order valence-electron chi connectivity index (χ3n) is 14.0. The Kier molecular flexibility index (Phi) is 46.2. The molecule has 0 fully saturated rings. The van der Waals surface area contributed by atoms with Crippen molar-refractivity contribution in [3.05, 3.63) is 190 Å². The zero-order valence-electron chi connectivity index (χ0n) is 64.3. The first-order valence-electron chi connectivity index (χ1n) is 34.2. The van der Waals surface area contributed by atoms with Crippen molar-refractivity contribution in [2.24, 2.45) is 28.1 Å². The molecule has 0 spiro atoms. The van der Waals surface area contributed by atoms with Gasteiger partial charge in [0.25, 0.3) is 12.9 Å². The first kappa shape index (κ1) is 104. The van der Waals surface area contributed by atoms with Crippen LogP contribution in [-0.4, -0.2) is 183 Å². The molecule has 1 aliphatic rings. The number of nitrogens with one attached hydrogen (secondary N) is 2. The molecule has 10 N–H and O–H groups in total. The number of hydrogen-bond acceptors (Lipinski definition) is 26. The number of alkyl halides is 3. The number of rotatable bonds is 28. The number of benzene rings is 4. The number of aliphatic carboxylic acids is 1. The van der Waals surface area contributed by atoms with E-state index in [9.17, 15) is 59.9 Å². The monoisotopic (exact) mass is 1810 g/mol. The number of ketones is 1. The molecule has 5 atom stereocenters. The first-order chi connectivity index (χ1) is 54.1. The number of aromatic nitrogens is 6. The number of hydrogen-bond donors (Lipinski definition) is 7. The SMILES string of the molecule is CC(C)(C)OC(=O)N[C@H](COC=O)Cc1cn(C(=O)OC(C)(C)C)cn1.CC(C)CC(=O)C(=O)O.COC(=O)[C@@H](N)Cc1cncn1Cc1cc(Cl)cc(Cl)c1.COC(=O)[C@@H](N)Cc1cncn1Cc1cc(Cl)cc(Cl)c1.N[C@H](COC=O)CC1CN=CN1.O=S(=O)(OCc1cc(Cl)cc(Cl)c1)C(F)(F)F.OCc1cc(Cl)cc(Cl)c1. The molecular formula is C73H91Cl8F3N12O19S. The quantitative estimate of drug-likeness (QED) is 0.00598. The van der Waals surface area contributed by atoms with Crippen LogP contribution in [0.3, 0.4) is 0 Å². The van der Waals surface area contributed by atoms with Crippen LogP contribution in [0.1, 0.15) is 108 Å². The van der Waals surface area contributed by atoms with Gasteiger partial charge in [-0.3, -0.25) is 33.1 Å². The molecule has 31 nitrogen and oxygen atoms in total. The number of carboxylic acids is 1. The van der Waals surface area contributed by atoms with E-state index in [0.29, 0.717) is 80.7 Å². The van der Waals surface area contributed by atoms with Gasteiger partial charge in [0.1, 0.15) is 42.8 Å². The van der Waals surface area contributed by atoms with E-state index >= 15 is 0 Å². The Balaban J connectivity index is 0.000000471. The zero-order chi connectivity index (χ0) is 87.8. The molecule has 4 aromatic carbocycles. The Morgan fingerprint density at radius 3 is 1.42 bits per heavy atom. The molecule has 1 aliphatic heterocycles. The molecule has 0 saturated heterocycles. The van der Waals surface area contributed by atoms with Gasteiger partial charge in [0, 0.05) is 121 Å². The van der Waals surface area contributed by atoms with Gasteiger partial charge in [0.2, 0.25) is 5.78 Å². The molecule has 116 heavy (non-hydrogen) atoms. The van der Waals surface area contributed by atoms with Crippen LogP contribution in [0.5, 0.6) is 0 Å². The van der Waals surface area contributed by atoms with Crippen LogP contribution in [0.2, 0.25) is 40.2 Å². The highest BCUT2D eigenvalue weighted by Gasteiger charge is 2.47. The maximum atomic E-state index is 12.0. The number of nitrogens with zero attached hydrogens (tertiary/aromatic N) is 7. The van der Waals surface area contributed by atoms with Crippen LogP contribution in [-0.2, 0) is 117 Å². The summed E-state index contributed by atoms with van der Waals surface area (Å²) in [6.45, 7) is 16.1. The van der Waals surface area contributed by atoms with E-state index in [4.69, 9.17) is 134 Å². The minimum atomic E-state index is -5.61. The number of aliphatic hydroxyl groups is 1. The Hall–Kier alpha value is -8.40. The van der Waals surface area contributed by atoms with Gasteiger partial charge in [-0.2, -0.15) is 21.6 Å². The summed E-state index contributed by atoms with van der Waals surface area (Å²) < 4.78 is 94.7. The molecule has 3 aromatic heterocycles. The van der Waals surface area contributed by atoms with Gasteiger partial charge in [0.15, 0.2) is 0 Å². The van der Waals surface area contributed by atoms with Crippen LogP contribution < -0.4 is 27.8 Å². The number of ether oxygens (including phenoxy) is 6. The Morgan fingerprint density at radius 1 is 0.638 bits per heavy atom. The van der Waals surface area contributed by atoms with Gasteiger partial charge in [-0.15, -0.1) is 0 Å². The number of Topliss-reactive ketones (excluding diaryl/α,β-unsaturated/α-hetero) is 1. The van der Waals surface area contributed by atoms with E-state index in [-0.39, 0.29) is 60.2 Å². The standard InChI is InChI=1S/C17H27N3O6.2C14H15Cl2N3O2.C8H5Cl2F3O3S.C7H6Cl2O.C7H13N3O2.C6H10O3/c1-16(2,3)25-14(22)19-13(9-24-11-21)7-12-8-20(10-18-12)15(23)26-17(4,5)6;2*1-21-14(20)13(17)5-12-6-18-8-19(12)7-9-2-10(15)4-11(16)3-9;9-6-1-5(2-7(10)3-6)4-16-17(14,15)8(11,12)13;8-6-1-5(4-10)2-7(9)3-6;8-6(3-12-5-11)1-7-2-9-4-10-7;1-4(2)3-5(7)6(8)9/h8,10-11,13H,7,9H2,1-6H3,(H,19,22);2*2-4,6,8,13H,5,7,17H2,1H3;1-3H,4H2;1-3,10H,4H2;4-7H,1-3,8H2,(H,9,10);4H,3H2,1-2H3,(H,8,9)/t3*13-;;;6-,7?;/m000..0./s1. The number of halogens is 11. The predicted molar refractivity (Wildman–Crippen MR) is 431 cm³/mol. The number of alkyl carbamates (subject to hydrolysis) is 1. The Bertz CT molecular complexity index is 4250. The summed E-state index contributed by atoms with van der Waals surface area (Å²) in [5, 5.41) is 26.2. The number of imidazole rings is 3. The van der Waals surface area contributed by atoms with Crippen molar-refractivity contribution in [1.29, 1.82) is 0 Å². The Morgan fingerprint density at radius 2 is 1.06 bits per heavy atom. The first-order valence-corrected chi connectivity index (χ1v) is 38.6. The van der Waals surface area contributed by atoms with Crippen molar-refractivity contribution in [2.75, 3.05) is 34.0 Å². The lowest BCUT2D eigenvalue weighted by Crippen LogP contribution is -2.42. The van der Waals surface area contributed by atoms with Crippen LogP contribution in [0.15, 0.2) is 115 Å². The second-order valence-electron chi connectivity index (χ2n) is 27.0. The highest BCUT2D eigenvalue weighted by molar-refractivity contribution is 7.87. The number of methoxy groups -OCH3 is 2. The van der Waals surface area contributed by atoms with Crippen molar-refractivity contribution >= 4 is 158 Å². The van der Waals surface area contributed by atoms with Crippen LogP contribution in [0.25, 0.3) is 0 Å². The van der Waals surface area contributed by atoms with Crippen molar-refractivity contribution < 1.29 is 103 Å². The molecule has 0 aliphatic carbocycles. The predicted octanol–water partition coefficient (Wildman–Crippen LogP) is 12.2. The van der Waals surface area contributed by atoms with E-state index < -0.39 is 87.4 Å². The topological polar surface area (TPSA) is 444 Å². The van der Waals surface area contributed by atoms with E-state index in [1.165, 1.54) is 49.5 Å². The molecule has 0 radical (unpaired) electrons. The van der Waals surface area contributed by atoms with Gasteiger partial charge in [0.05, 0.1) is 64.7 Å². The van der Waals surface area contributed by atoms with Gasteiger partial charge >= 0.3 is 45.7 Å².